The van der Waals surface area contributed by atoms with E-state index in [4.69, 9.17) is 11.5 Å². The Bertz CT molecular complexity index is 718. The van der Waals surface area contributed by atoms with Crippen molar-refractivity contribution in [3.63, 3.8) is 0 Å². The number of rotatable bonds is 5. The topological polar surface area (TPSA) is 107 Å². The molecule has 6 nitrogen and oxygen atoms in total. The third kappa shape index (κ3) is 3.75. The molecule has 2 rings (SSSR count). The Kier molecular flexibility index (Phi) is 4.80. The minimum atomic E-state index is -4.72. The maximum atomic E-state index is 13.1. The van der Waals surface area contributed by atoms with Gasteiger partial charge in [-0.05, 0) is 24.3 Å². The van der Waals surface area contributed by atoms with Crippen molar-refractivity contribution in [3.8, 4) is 0 Å². The molecule has 0 radical (unpaired) electrons. The van der Waals surface area contributed by atoms with Crippen LogP contribution in [0.4, 0.5) is 24.8 Å². The molecule has 2 aromatic heterocycles. The van der Waals surface area contributed by atoms with E-state index in [0.29, 0.717) is 6.54 Å². The van der Waals surface area contributed by atoms with E-state index in [-0.39, 0.29) is 23.7 Å². The standard InChI is InChI=1S/C14H14F3N5O/c15-14(16,17)9-3-4-10(20-7-5-18)22-11(9)12(23)8-2-1-6-21-13(8)19/h1-4,6H,5,7,18H2,(H2,19,21)(H,20,22). The number of halogens is 3. The predicted octanol–water partition coefficient (Wildman–Crippen LogP) is 1.68. The summed E-state index contributed by atoms with van der Waals surface area (Å²) < 4.78 is 39.4. The number of anilines is 2. The molecule has 0 spiro atoms. The summed E-state index contributed by atoms with van der Waals surface area (Å²) in [6.45, 7) is 0.572. The molecular weight excluding hydrogens is 311 g/mol. The molecule has 0 amide bonds. The average Bonchev–Trinajstić information content (AvgIpc) is 2.51. The Morgan fingerprint density at radius 2 is 2.00 bits per heavy atom. The van der Waals surface area contributed by atoms with Crippen molar-refractivity contribution in [2.75, 3.05) is 24.1 Å². The van der Waals surface area contributed by atoms with Crippen LogP contribution in [0.25, 0.3) is 0 Å². The lowest BCUT2D eigenvalue weighted by Gasteiger charge is -2.14. The van der Waals surface area contributed by atoms with Crippen LogP contribution in [0.15, 0.2) is 30.5 Å². The highest BCUT2D eigenvalue weighted by Crippen LogP contribution is 2.33. The van der Waals surface area contributed by atoms with E-state index in [1.54, 1.807) is 0 Å². The molecule has 0 aliphatic heterocycles. The Balaban J connectivity index is 2.53. The SMILES string of the molecule is NCCNc1ccc(C(F)(F)F)c(C(=O)c2cccnc2N)n1. The van der Waals surface area contributed by atoms with Crippen LogP contribution >= 0.6 is 0 Å². The number of nitrogen functional groups attached to an aromatic ring is 1. The van der Waals surface area contributed by atoms with E-state index in [2.05, 4.69) is 15.3 Å². The first-order chi connectivity index (χ1) is 10.8. The molecule has 0 saturated heterocycles. The van der Waals surface area contributed by atoms with Gasteiger partial charge in [-0.1, -0.05) is 0 Å². The van der Waals surface area contributed by atoms with Gasteiger partial charge in [0.1, 0.15) is 17.3 Å². The number of alkyl halides is 3. The molecule has 0 unspecified atom stereocenters. The number of hydrogen-bond acceptors (Lipinski definition) is 6. The highest BCUT2D eigenvalue weighted by atomic mass is 19.4. The summed E-state index contributed by atoms with van der Waals surface area (Å²) >= 11 is 0. The van der Waals surface area contributed by atoms with E-state index in [1.165, 1.54) is 18.3 Å². The molecule has 0 saturated carbocycles. The summed E-state index contributed by atoms with van der Waals surface area (Å²) in [5.41, 5.74) is 8.88. The third-order valence-electron chi connectivity index (χ3n) is 2.95. The molecule has 122 valence electrons. The van der Waals surface area contributed by atoms with Gasteiger partial charge in [0.15, 0.2) is 0 Å². The lowest BCUT2D eigenvalue weighted by Crippen LogP contribution is -2.19. The second kappa shape index (κ2) is 6.61. The van der Waals surface area contributed by atoms with Crippen molar-refractivity contribution in [1.29, 1.82) is 0 Å². The Morgan fingerprint density at radius 1 is 1.26 bits per heavy atom. The first kappa shape index (κ1) is 16.7. The summed E-state index contributed by atoms with van der Waals surface area (Å²) in [5, 5.41) is 2.73. The molecule has 0 fully saturated rings. The maximum Gasteiger partial charge on any atom is 0.418 e. The van der Waals surface area contributed by atoms with Crippen LogP contribution in [0.2, 0.25) is 0 Å². The molecule has 0 atom stereocenters. The van der Waals surface area contributed by atoms with Gasteiger partial charge in [-0.15, -0.1) is 0 Å². The molecule has 5 N–H and O–H groups in total. The number of nitrogens with one attached hydrogen (secondary N) is 1. The van der Waals surface area contributed by atoms with Crippen LogP contribution in [0.3, 0.4) is 0 Å². The molecule has 23 heavy (non-hydrogen) atoms. The Hall–Kier alpha value is -2.68. The van der Waals surface area contributed by atoms with Gasteiger partial charge in [0.25, 0.3) is 0 Å². The fraction of sp³-hybridized carbons (Fsp3) is 0.214. The Morgan fingerprint density at radius 3 is 2.61 bits per heavy atom. The summed E-state index contributed by atoms with van der Waals surface area (Å²) in [6.07, 6.45) is -3.38. The van der Waals surface area contributed by atoms with Crippen LogP contribution < -0.4 is 16.8 Å². The van der Waals surface area contributed by atoms with Crippen LogP contribution in [-0.2, 0) is 6.18 Å². The van der Waals surface area contributed by atoms with Gasteiger partial charge in [0, 0.05) is 19.3 Å². The smallest absolute Gasteiger partial charge is 0.383 e. The number of carbonyl (C=O) groups excluding carboxylic acids is 1. The van der Waals surface area contributed by atoms with Gasteiger partial charge in [-0.25, -0.2) is 9.97 Å². The molecule has 0 bridgehead atoms. The maximum absolute atomic E-state index is 13.1. The predicted molar refractivity (Wildman–Crippen MR) is 78.9 cm³/mol. The summed E-state index contributed by atoms with van der Waals surface area (Å²) in [6, 6.07) is 4.65. The zero-order valence-electron chi connectivity index (χ0n) is 11.9. The zero-order chi connectivity index (χ0) is 17.0. The van der Waals surface area contributed by atoms with Gasteiger partial charge >= 0.3 is 6.18 Å². The lowest BCUT2D eigenvalue weighted by atomic mass is 10.0. The van der Waals surface area contributed by atoms with E-state index in [0.717, 1.165) is 12.1 Å². The van der Waals surface area contributed by atoms with Gasteiger partial charge in [0.05, 0.1) is 11.1 Å². The number of hydrogen-bond donors (Lipinski definition) is 3. The molecule has 0 aliphatic rings. The molecule has 0 aromatic carbocycles. The number of nitrogens with two attached hydrogens (primary N) is 2. The van der Waals surface area contributed by atoms with E-state index in [1.807, 2.05) is 0 Å². The number of ketones is 1. The van der Waals surface area contributed by atoms with Crippen LogP contribution in [-0.4, -0.2) is 28.8 Å². The van der Waals surface area contributed by atoms with Crippen LogP contribution in [0.1, 0.15) is 21.6 Å². The van der Waals surface area contributed by atoms with E-state index >= 15 is 0 Å². The number of pyridine rings is 2. The average molecular weight is 325 g/mol. The van der Waals surface area contributed by atoms with Crippen molar-refractivity contribution in [2.24, 2.45) is 5.73 Å². The molecule has 2 aromatic rings. The molecule has 9 heteroatoms. The lowest BCUT2D eigenvalue weighted by molar-refractivity contribution is -0.138. The minimum Gasteiger partial charge on any atom is -0.383 e. The largest absolute Gasteiger partial charge is 0.418 e. The van der Waals surface area contributed by atoms with Crippen molar-refractivity contribution < 1.29 is 18.0 Å². The third-order valence-corrected chi connectivity index (χ3v) is 2.95. The highest BCUT2D eigenvalue weighted by molar-refractivity contribution is 6.11. The van der Waals surface area contributed by atoms with Crippen molar-refractivity contribution >= 4 is 17.4 Å². The summed E-state index contributed by atoms with van der Waals surface area (Å²) in [7, 11) is 0. The minimum absolute atomic E-state index is 0.120. The van der Waals surface area contributed by atoms with Gasteiger partial charge in [-0.3, -0.25) is 4.79 Å². The molecule has 0 aliphatic carbocycles. The summed E-state index contributed by atoms with van der Waals surface area (Å²) in [5.74, 6) is -0.985. The van der Waals surface area contributed by atoms with Gasteiger partial charge in [0.2, 0.25) is 5.78 Å². The first-order valence-corrected chi connectivity index (χ1v) is 6.62. The van der Waals surface area contributed by atoms with Crippen molar-refractivity contribution in [2.45, 2.75) is 6.18 Å². The second-order valence-electron chi connectivity index (χ2n) is 4.57. The van der Waals surface area contributed by atoms with E-state index < -0.39 is 23.2 Å². The van der Waals surface area contributed by atoms with Crippen molar-refractivity contribution in [1.82, 2.24) is 9.97 Å². The fourth-order valence-corrected chi connectivity index (χ4v) is 1.90. The number of carbonyl (C=O) groups is 1. The Labute approximate surface area is 129 Å². The number of nitrogens with zero attached hydrogens (tertiary/aromatic N) is 2. The highest BCUT2D eigenvalue weighted by Gasteiger charge is 2.37. The van der Waals surface area contributed by atoms with Crippen LogP contribution in [0, 0.1) is 0 Å². The molecule has 2 heterocycles. The van der Waals surface area contributed by atoms with Gasteiger partial charge < -0.3 is 16.8 Å². The monoisotopic (exact) mass is 325 g/mol. The van der Waals surface area contributed by atoms with Crippen molar-refractivity contribution in [3.05, 3.63) is 47.3 Å². The number of aromatic nitrogens is 2. The molecular formula is C14H14F3N5O. The van der Waals surface area contributed by atoms with E-state index in [9.17, 15) is 18.0 Å². The first-order valence-electron chi connectivity index (χ1n) is 6.62. The van der Waals surface area contributed by atoms with Crippen LogP contribution in [0.5, 0.6) is 0 Å². The normalized spacial score (nSPS) is 11.3. The van der Waals surface area contributed by atoms with Gasteiger partial charge in [-0.2, -0.15) is 13.2 Å². The quantitative estimate of drug-likeness (QED) is 0.722. The zero-order valence-corrected chi connectivity index (χ0v) is 11.9. The summed E-state index contributed by atoms with van der Waals surface area (Å²) in [4.78, 5) is 19.9. The second-order valence-corrected chi connectivity index (χ2v) is 4.57. The fourth-order valence-electron chi connectivity index (χ4n) is 1.90.